The van der Waals surface area contributed by atoms with Gasteiger partial charge in [0.15, 0.2) is 11.4 Å². The highest BCUT2D eigenvalue weighted by Gasteiger charge is 2.23. The summed E-state index contributed by atoms with van der Waals surface area (Å²) in [4.78, 5) is 32.6. The highest BCUT2D eigenvalue weighted by Crippen LogP contribution is 2.23. The standard InChI is InChI=1S/C23H20ClN5O2/c1-15-12-21-26-28(14-20(30)17-6-8-19(24)9-7-17)23(31)29(21)22(25-15)27-11-10-16-4-2-3-5-18(16)13-27/h2-9,12H,10-11,13-14H2,1H3. The smallest absolute Gasteiger partial charge is 0.337 e. The van der Waals surface area contributed by atoms with Crippen LogP contribution in [0, 0.1) is 6.92 Å². The number of aryl methyl sites for hydroxylation is 1. The van der Waals surface area contributed by atoms with E-state index in [1.165, 1.54) is 20.2 Å². The molecule has 31 heavy (non-hydrogen) atoms. The molecule has 4 aromatic rings. The van der Waals surface area contributed by atoms with Crippen LogP contribution >= 0.6 is 11.6 Å². The van der Waals surface area contributed by atoms with E-state index < -0.39 is 0 Å². The van der Waals surface area contributed by atoms with Crippen molar-refractivity contribution < 1.29 is 4.79 Å². The van der Waals surface area contributed by atoms with Crippen molar-refractivity contribution >= 4 is 29.0 Å². The molecule has 0 atom stereocenters. The van der Waals surface area contributed by atoms with Gasteiger partial charge in [-0.3, -0.25) is 4.79 Å². The maximum absolute atomic E-state index is 13.2. The average Bonchev–Trinajstić information content (AvgIpc) is 3.08. The molecule has 2 aromatic carbocycles. The fourth-order valence-corrected chi connectivity index (χ4v) is 4.10. The van der Waals surface area contributed by atoms with E-state index in [2.05, 4.69) is 27.1 Å². The number of anilines is 1. The Morgan fingerprint density at radius 1 is 1.10 bits per heavy atom. The molecule has 1 aliphatic heterocycles. The van der Waals surface area contributed by atoms with Crippen molar-refractivity contribution in [3.05, 3.63) is 92.5 Å². The minimum Gasteiger partial charge on any atom is -0.337 e. The van der Waals surface area contributed by atoms with Gasteiger partial charge in [0, 0.05) is 35.4 Å². The first-order valence-electron chi connectivity index (χ1n) is 10.1. The van der Waals surface area contributed by atoms with Crippen LogP contribution < -0.4 is 10.6 Å². The van der Waals surface area contributed by atoms with Crippen LogP contribution in [0.3, 0.4) is 0 Å². The van der Waals surface area contributed by atoms with Gasteiger partial charge in [-0.15, -0.1) is 5.10 Å². The zero-order chi connectivity index (χ0) is 21.5. The normalized spacial score (nSPS) is 13.4. The molecular weight excluding hydrogens is 414 g/mol. The first-order valence-corrected chi connectivity index (χ1v) is 10.4. The minimum atomic E-state index is -0.376. The number of benzene rings is 2. The number of hydrogen-bond donors (Lipinski definition) is 0. The second-order valence-corrected chi connectivity index (χ2v) is 8.14. The van der Waals surface area contributed by atoms with Crippen molar-refractivity contribution in [1.29, 1.82) is 0 Å². The summed E-state index contributed by atoms with van der Waals surface area (Å²) in [5.74, 6) is 0.347. The fourth-order valence-electron chi connectivity index (χ4n) is 3.98. The predicted molar refractivity (Wildman–Crippen MR) is 119 cm³/mol. The summed E-state index contributed by atoms with van der Waals surface area (Å²) < 4.78 is 2.70. The molecule has 7 nitrogen and oxygen atoms in total. The second-order valence-electron chi connectivity index (χ2n) is 7.70. The van der Waals surface area contributed by atoms with Gasteiger partial charge in [0.2, 0.25) is 5.95 Å². The molecular formula is C23H20ClN5O2. The average molecular weight is 434 g/mol. The van der Waals surface area contributed by atoms with Gasteiger partial charge >= 0.3 is 5.69 Å². The number of halogens is 1. The Morgan fingerprint density at radius 3 is 2.61 bits per heavy atom. The molecule has 0 aliphatic carbocycles. The summed E-state index contributed by atoms with van der Waals surface area (Å²) in [7, 11) is 0. The van der Waals surface area contributed by atoms with Crippen molar-refractivity contribution in [2.24, 2.45) is 0 Å². The third-order valence-electron chi connectivity index (χ3n) is 5.55. The number of fused-ring (bicyclic) bond motifs is 2. The summed E-state index contributed by atoms with van der Waals surface area (Å²) >= 11 is 5.90. The molecule has 0 N–H and O–H groups in total. The Labute approximate surface area is 183 Å². The van der Waals surface area contributed by atoms with E-state index in [0.29, 0.717) is 28.7 Å². The number of hydrogen-bond acceptors (Lipinski definition) is 5. The summed E-state index contributed by atoms with van der Waals surface area (Å²) in [6.45, 7) is 3.15. The van der Waals surface area contributed by atoms with Crippen LogP contribution in [0.5, 0.6) is 0 Å². The highest BCUT2D eigenvalue weighted by molar-refractivity contribution is 6.30. The van der Waals surface area contributed by atoms with Crippen LogP contribution in [0.25, 0.3) is 5.65 Å². The Kier molecular flexibility index (Phi) is 4.82. The van der Waals surface area contributed by atoms with Crippen molar-refractivity contribution in [2.75, 3.05) is 11.4 Å². The molecule has 3 heterocycles. The maximum Gasteiger partial charge on any atom is 0.353 e. The van der Waals surface area contributed by atoms with Gasteiger partial charge in [-0.25, -0.2) is 18.9 Å². The van der Waals surface area contributed by atoms with Gasteiger partial charge in [-0.1, -0.05) is 35.9 Å². The zero-order valence-corrected chi connectivity index (χ0v) is 17.7. The van der Waals surface area contributed by atoms with Crippen molar-refractivity contribution in [3.8, 4) is 0 Å². The molecule has 1 aliphatic rings. The molecule has 2 aromatic heterocycles. The van der Waals surface area contributed by atoms with Crippen LogP contribution in [0.1, 0.15) is 27.2 Å². The molecule has 0 fully saturated rings. The van der Waals surface area contributed by atoms with Gasteiger partial charge in [-0.2, -0.15) is 0 Å². The number of aromatic nitrogens is 4. The lowest BCUT2D eigenvalue weighted by atomic mass is 10.0. The van der Waals surface area contributed by atoms with Gasteiger partial charge < -0.3 is 4.90 Å². The van der Waals surface area contributed by atoms with Gasteiger partial charge in [-0.05, 0) is 48.7 Å². The van der Waals surface area contributed by atoms with E-state index in [9.17, 15) is 9.59 Å². The van der Waals surface area contributed by atoms with Crippen LogP contribution in [0.2, 0.25) is 5.02 Å². The predicted octanol–water partition coefficient (Wildman–Crippen LogP) is 3.30. The molecule has 8 heteroatoms. The topological polar surface area (TPSA) is 72.5 Å². The largest absolute Gasteiger partial charge is 0.353 e. The third kappa shape index (κ3) is 3.61. The van der Waals surface area contributed by atoms with E-state index in [1.54, 1.807) is 30.3 Å². The second kappa shape index (κ2) is 7.67. The quantitative estimate of drug-likeness (QED) is 0.462. The first-order chi connectivity index (χ1) is 15.0. The van der Waals surface area contributed by atoms with Gasteiger partial charge in [0.25, 0.3) is 0 Å². The number of rotatable bonds is 4. The Hall–Kier alpha value is -3.45. The summed E-state index contributed by atoms with van der Waals surface area (Å²) in [6.07, 6.45) is 0.880. The molecule has 0 amide bonds. The van der Waals surface area contributed by atoms with Crippen LogP contribution in [-0.2, 0) is 19.5 Å². The Bertz CT molecular complexity index is 1360. The summed E-state index contributed by atoms with van der Waals surface area (Å²) in [6, 6.07) is 16.7. The van der Waals surface area contributed by atoms with E-state index in [4.69, 9.17) is 11.6 Å². The lowest BCUT2D eigenvalue weighted by molar-refractivity contribution is 0.0966. The molecule has 156 valence electrons. The van der Waals surface area contributed by atoms with Gasteiger partial charge in [0.05, 0.1) is 0 Å². The number of Topliss-reactive ketones (excluding diaryl/α,β-unsaturated/α-hetero) is 1. The van der Waals surface area contributed by atoms with E-state index in [-0.39, 0.29) is 18.0 Å². The van der Waals surface area contributed by atoms with Crippen LogP contribution in [0.15, 0.2) is 59.4 Å². The lowest BCUT2D eigenvalue weighted by Crippen LogP contribution is -2.35. The molecule has 0 radical (unpaired) electrons. The first kappa shape index (κ1) is 19.5. The Morgan fingerprint density at radius 2 is 1.84 bits per heavy atom. The SMILES string of the molecule is Cc1cc2nn(CC(=O)c3ccc(Cl)cc3)c(=O)n2c(N2CCc3ccccc3C2)n1. The molecule has 0 spiro atoms. The number of ketones is 1. The van der Waals surface area contributed by atoms with Crippen LogP contribution in [-0.4, -0.2) is 31.5 Å². The molecule has 0 unspecified atom stereocenters. The lowest BCUT2D eigenvalue weighted by Gasteiger charge is -2.29. The van der Waals surface area contributed by atoms with E-state index in [1.807, 2.05) is 19.1 Å². The molecule has 0 saturated carbocycles. The monoisotopic (exact) mass is 433 g/mol. The number of carbonyl (C=O) groups excluding carboxylic acids is 1. The fraction of sp³-hybridized carbons (Fsp3) is 0.217. The summed E-state index contributed by atoms with van der Waals surface area (Å²) in [5, 5.41) is 4.96. The molecule has 5 rings (SSSR count). The third-order valence-corrected chi connectivity index (χ3v) is 5.80. The van der Waals surface area contributed by atoms with Crippen LogP contribution in [0.4, 0.5) is 5.95 Å². The highest BCUT2D eigenvalue weighted by atomic mass is 35.5. The summed E-state index contributed by atoms with van der Waals surface area (Å²) in [5.41, 5.74) is 3.90. The van der Waals surface area contributed by atoms with Gasteiger partial charge in [0.1, 0.15) is 6.54 Å². The van der Waals surface area contributed by atoms with Crippen molar-refractivity contribution in [3.63, 3.8) is 0 Å². The van der Waals surface area contributed by atoms with Crippen molar-refractivity contribution in [2.45, 2.75) is 26.4 Å². The number of carbonyl (C=O) groups is 1. The maximum atomic E-state index is 13.2. The molecule has 0 bridgehead atoms. The minimum absolute atomic E-state index is 0.149. The number of nitrogens with zero attached hydrogens (tertiary/aromatic N) is 5. The Balaban J connectivity index is 1.52. The van der Waals surface area contributed by atoms with E-state index in [0.717, 1.165) is 18.7 Å². The van der Waals surface area contributed by atoms with Crippen molar-refractivity contribution in [1.82, 2.24) is 19.2 Å². The zero-order valence-electron chi connectivity index (χ0n) is 17.0. The molecule has 0 saturated heterocycles. The van der Waals surface area contributed by atoms with E-state index >= 15 is 0 Å².